The Morgan fingerprint density at radius 2 is 1.36 bits per heavy atom. The summed E-state index contributed by atoms with van der Waals surface area (Å²) in [5.74, 6) is 0. The second-order valence-corrected chi connectivity index (χ2v) is 7.96. The van der Waals surface area contributed by atoms with Crippen molar-refractivity contribution >= 4 is 44.4 Å². The van der Waals surface area contributed by atoms with Crippen LogP contribution in [-0.2, 0) is 50.0 Å². The molecule has 0 unspecified atom stereocenters. The van der Waals surface area contributed by atoms with Gasteiger partial charge in [0.05, 0.1) is 12.5 Å². The number of fused-ring (bicyclic) bond motifs is 2. The molecule has 0 amide bonds. The first-order valence-corrected chi connectivity index (χ1v) is 11.6. The van der Waals surface area contributed by atoms with Crippen LogP contribution in [0.5, 0.6) is 0 Å². The number of aryl methyl sites for hydroxylation is 2. The molecule has 0 saturated carbocycles. The van der Waals surface area contributed by atoms with Gasteiger partial charge in [-0.15, -0.1) is 0 Å². The first kappa shape index (κ1) is 34.0. The molecular formula is C26H33IN4V2-2. The van der Waals surface area contributed by atoms with E-state index in [1.54, 1.807) is 6.92 Å². The van der Waals surface area contributed by atoms with Crippen molar-refractivity contribution in [3.05, 3.63) is 82.4 Å². The number of hydrogen-bond donors (Lipinski definition) is 3. The van der Waals surface area contributed by atoms with Gasteiger partial charge in [0.1, 0.15) is 0 Å². The molecule has 0 aliphatic rings. The average Bonchev–Trinajstić information content (AvgIpc) is 3.38. The minimum atomic E-state index is 0. The normalized spacial score (nSPS) is 9.03. The van der Waals surface area contributed by atoms with Gasteiger partial charge in [0.2, 0.25) is 0 Å². The van der Waals surface area contributed by atoms with E-state index >= 15 is 0 Å². The van der Waals surface area contributed by atoms with Crippen molar-refractivity contribution in [3.63, 3.8) is 0 Å². The van der Waals surface area contributed by atoms with Gasteiger partial charge < -0.3 is 45.2 Å². The molecule has 4 nitrogen and oxygen atoms in total. The standard InChI is InChI=1S/C11H14N2.C11H10N2.C2H4I.C2H5.2V/c2*1-8-3-2-4-10-9(5-6-12)7-13-11(8)10;1-2-3;1-2;;/h2-4,7,13H,5-6,12H2,1H3;2-4,7,13H,5H2,1H3;2H,1H3;1H2,2H3;;/q;;2*-1;;. The molecule has 0 atom stereocenters. The molecule has 4 aromatic rings. The summed E-state index contributed by atoms with van der Waals surface area (Å²) in [7, 11) is 0. The molecule has 0 bridgehead atoms. The van der Waals surface area contributed by atoms with E-state index in [4.69, 9.17) is 11.0 Å². The van der Waals surface area contributed by atoms with Crippen molar-refractivity contribution in [1.82, 2.24) is 9.97 Å². The van der Waals surface area contributed by atoms with E-state index in [0.717, 1.165) is 17.5 Å². The minimum Gasteiger partial charge on any atom is -0.361 e. The van der Waals surface area contributed by atoms with Gasteiger partial charge in [-0.25, -0.2) is 0 Å². The third kappa shape index (κ3) is 9.94. The number of aromatic nitrogens is 2. The van der Waals surface area contributed by atoms with E-state index in [2.05, 4.69) is 89.9 Å². The number of para-hydroxylation sites is 2. The number of benzene rings is 2. The second kappa shape index (κ2) is 19.2. The number of aromatic amines is 2. The maximum atomic E-state index is 8.60. The third-order valence-corrected chi connectivity index (χ3v) is 4.70. The number of nitriles is 1. The topological polar surface area (TPSA) is 81.4 Å². The Kier molecular flexibility index (Phi) is 19.8. The molecule has 0 saturated heterocycles. The molecule has 2 heterocycles. The molecule has 0 spiro atoms. The number of H-pyrrole nitrogens is 2. The van der Waals surface area contributed by atoms with Crippen LogP contribution in [0.15, 0.2) is 48.8 Å². The van der Waals surface area contributed by atoms with E-state index < -0.39 is 0 Å². The molecule has 4 rings (SSSR count). The fourth-order valence-corrected chi connectivity index (χ4v) is 3.32. The quantitative estimate of drug-likeness (QED) is 0.169. The molecule has 176 valence electrons. The van der Waals surface area contributed by atoms with E-state index in [9.17, 15) is 0 Å². The SMILES string of the molecule is C[CH-]I.Cc1cccc2c(CC#N)c[nH]c12.Cc1cccc2c(CCN)c[nH]c12.[CH2-]C.[V].[V]. The maximum absolute atomic E-state index is 8.60. The zero-order valence-electron chi connectivity index (χ0n) is 19.8. The molecule has 0 aliphatic heterocycles. The Bertz CT molecular complexity index is 1100. The summed E-state index contributed by atoms with van der Waals surface area (Å²) in [5, 5.41) is 11.1. The fraction of sp³-hybridized carbons (Fsp3) is 0.269. The van der Waals surface area contributed by atoms with Gasteiger partial charge in [-0.1, -0.05) is 36.4 Å². The number of halogens is 1. The Morgan fingerprint density at radius 1 is 0.939 bits per heavy atom. The summed E-state index contributed by atoms with van der Waals surface area (Å²) < 4.78 is 1.97. The van der Waals surface area contributed by atoms with Gasteiger partial charge in [0, 0.05) is 71.3 Å². The maximum Gasteiger partial charge on any atom is 0.0670 e. The van der Waals surface area contributed by atoms with Crippen LogP contribution in [0.4, 0.5) is 0 Å². The molecule has 7 heteroatoms. The van der Waals surface area contributed by atoms with Crippen molar-refractivity contribution in [2.24, 2.45) is 5.73 Å². The molecule has 2 aromatic carbocycles. The number of nitrogens with one attached hydrogen (secondary N) is 2. The number of rotatable bonds is 3. The van der Waals surface area contributed by atoms with Gasteiger partial charge in [0.15, 0.2) is 0 Å². The van der Waals surface area contributed by atoms with Crippen LogP contribution < -0.4 is 5.73 Å². The predicted octanol–water partition coefficient (Wildman–Crippen LogP) is 6.96. The first-order valence-electron chi connectivity index (χ1n) is 10.3. The van der Waals surface area contributed by atoms with Crippen LogP contribution in [0.3, 0.4) is 0 Å². The molecule has 2 radical (unpaired) electrons. The van der Waals surface area contributed by atoms with Crippen LogP contribution >= 0.6 is 22.6 Å². The van der Waals surface area contributed by atoms with Gasteiger partial charge in [-0.05, 0) is 49.1 Å². The van der Waals surface area contributed by atoms with E-state index in [1.165, 1.54) is 33.0 Å². The average molecular weight is 630 g/mol. The van der Waals surface area contributed by atoms with E-state index in [0.29, 0.717) is 13.0 Å². The molecule has 4 N–H and O–H groups in total. The van der Waals surface area contributed by atoms with Crippen molar-refractivity contribution in [1.29, 1.82) is 5.26 Å². The summed E-state index contributed by atoms with van der Waals surface area (Å²) >= 11 is 2.16. The third-order valence-electron chi connectivity index (χ3n) is 4.70. The number of nitrogens with two attached hydrogens (primary N) is 1. The summed E-state index contributed by atoms with van der Waals surface area (Å²) in [6, 6.07) is 14.6. The van der Waals surface area contributed by atoms with Crippen molar-refractivity contribution in [2.45, 2.75) is 40.5 Å². The van der Waals surface area contributed by atoms with Crippen molar-refractivity contribution < 1.29 is 37.1 Å². The molecule has 0 aliphatic carbocycles. The van der Waals surface area contributed by atoms with Crippen LogP contribution in [0.25, 0.3) is 21.8 Å². The monoisotopic (exact) mass is 630 g/mol. The fourth-order valence-electron chi connectivity index (χ4n) is 3.32. The molecule has 2 aromatic heterocycles. The molecule has 33 heavy (non-hydrogen) atoms. The van der Waals surface area contributed by atoms with E-state index in [-0.39, 0.29) is 37.1 Å². The Labute approximate surface area is 236 Å². The summed E-state index contributed by atoms with van der Waals surface area (Å²) in [6.45, 7) is 11.9. The van der Waals surface area contributed by atoms with Crippen molar-refractivity contribution in [3.8, 4) is 6.07 Å². The molecular weight excluding hydrogens is 597 g/mol. The Hall–Kier alpha value is -1.13. The molecule has 0 fully saturated rings. The van der Waals surface area contributed by atoms with Crippen LogP contribution in [0.2, 0.25) is 0 Å². The summed E-state index contributed by atoms with van der Waals surface area (Å²) in [4.78, 5) is 6.48. The minimum absolute atomic E-state index is 0. The van der Waals surface area contributed by atoms with Crippen molar-refractivity contribution in [2.75, 3.05) is 6.54 Å². The zero-order valence-corrected chi connectivity index (χ0v) is 24.8. The van der Waals surface area contributed by atoms with Crippen LogP contribution in [0.1, 0.15) is 36.1 Å². The Morgan fingerprint density at radius 3 is 1.79 bits per heavy atom. The van der Waals surface area contributed by atoms with Gasteiger partial charge in [-0.3, -0.25) is 4.43 Å². The number of nitrogens with zero attached hydrogens (tertiary/aromatic N) is 1. The largest absolute Gasteiger partial charge is 0.361 e. The second-order valence-electron chi connectivity index (χ2n) is 6.71. The van der Waals surface area contributed by atoms with Gasteiger partial charge in [0.25, 0.3) is 0 Å². The van der Waals surface area contributed by atoms with Gasteiger partial charge in [-0.2, -0.15) is 19.1 Å². The Balaban J connectivity index is 0. The first-order chi connectivity index (χ1) is 15.1. The number of hydrogen-bond acceptors (Lipinski definition) is 2. The van der Waals surface area contributed by atoms with Gasteiger partial charge >= 0.3 is 0 Å². The van der Waals surface area contributed by atoms with Crippen LogP contribution in [0, 0.1) is 36.5 Å². The zero-order chi connectivity index (χ0) is 23.2. The summed E-state index contributed by atoms with van der Waals surface area (Å²) in [6.07, 6.45) is 5.40. The van der Waals surface area contributed by atoms with Crippen LogP contribution in [-0.4, -0.2) is 16.5 Å². The van der Waals surface area contributed by atoms with E-state index in [1.807, 2.05) is 29.7 Å². The predicted molar refractivity (Wildman–Crippen MR) is 143 cm³/mol. The summed E-state index contributed by atoms with van der Waals surface area (Å²) in [5.41, 5.74) is 12.8. The smallest absolute Gasteiger partial charge is 0.0670 e.